The number of hydrogen-bond acceptors (Lipinski definition) is 4. The van der Waals surface area contributed by atoms with E-state index in [1.165, 1.54) is 0 Å². The number of nitriles is 1. The lowest BCUT2D eigenvalue weighted by Gasteiger charge is -2.14. The highest BCUT2D eigenvalue weighted by Crippen LogP contribution is 2.46. The number of benzene rings is 1. The van der Waals surface area contributed by atoms with Gasteiger partial charge in [0, 0.05) is 6.07 Å². The van der Waals surface area contributed by atoms with Crippen LogP contribution in [0.1, 0.15) is 26.7 Å². The van der Waals surface area contributed by atoms with Crippen molar-refractivity contribution in [3.05, 3.63) is 18.2 Å². The molecule has 1 aliphatic rings. The summed E-state index contributed by atoms with van der Waals surface area (Å²) in [7, 11) is 0. The molecular weight excluding hydrogens is 256 g/mol. The minimum absolute atomic E-state index is 0.269. The second kappa shape index (κ2) is 5.83. The van der Waals surface area contributed by atoms with E-state index in [-0.39, 0.29) is 5.91 Å². The Morgan fingerprint density at radius 2 is 2.05 bits per heavy atom. The molecule has 0 saturated heterocycles. The van der Waals surface area contributed by atoms with E-state index < -0.39 is 5.41 Å². The van der Waals surface area contributed by atoms with E-state index >= 15 is 0 Å². The number of amides is 1. The average Bonchev–Trinajstić information content (AvgIpc) is 3.23. The van der Waals surface area contributed by atoms with Crippen LogP contribution in [0, 0.1) is 16.7 Å². The number of carbonyl (C=O) groups excluding carboxylic acids is 1. The first-order valence-electron chi connectivity index (χ1n) is 6.77. The molecule has 0 aliphatic heterocycles. The van der Waals surface area contributed by atoms with E-state index in [0.29, 0.717) is 43.2 Å². The Morgan fingerprint density at radius 3 is 2.60 bits per heavy atom. The van der Waals surface area contributed by atoms with Crippen molar-refractivity contribution in [2.75, 3.05) is 18.5 Å². The van der Waals surface area contributed by atoms with Crippen molar-refractivity contribution >= 4 is 11.6 Å². The quantitative estimate of drug-likeness (QED) is 0.865. The topological polar surface area (TPSA) is 71.3 Å². The van der Waals surface area contributed by atoms with Crippen LogP contribution in [0.5, 0.6) is 11.5 Å². The van der Waals surface area contributed by atoms with Gasteiger partial charge in [-0.1, -0.05) is 0 Å². The molecule has 106 valence electrons. The van der Waals surface area contributed by atoms with E-state index in [9.17, 15) is 4.79 Å². The van der Waals surface area contributed by atoms with Gasteiger partial charge in [0.25, 0.3) is 0 Å². The minimum atomic E-state index is -0.856. The van der Waals surface area contributed by atoms with Gasteiger partial charge in [0.2, 0.25) is 5.91 Å². The molecule has 1 amide bonds. The number of ether oxygens (including phenoxy) is 2. The highest BCUT2D eigenvalue weighted by atomic mass is 16.5. The predicted molar refractivity (Wildman–Crippen MR) is 74.7 cm³/mol. The molecule has 20 heavy (non-hydrogen) atoms. The van der Waals surface area contributed by atoms with Crippen LogP contribution in [0.4, 0.5) is 5.69 Å². The lowest BCUT2D eigenvalue weighted by Crippen LogP contribution is -2.23. The van der Waals surface area contributed by atoms with Crippen molar-refractivity contribution in [1.82, 2.24) is 0 Å². The van der Waals surface area contributed by atoms with Crippen molar-refractivity contribution in [2.45, 2.75) is 26.7 Å². The normalized spacial score (nSPS) is 15.1. The lowest BCUT2D eigenvalue weighted by atomic mass is 10.1. The van der Waals surface area contributed by atoms with Crippen LogP contribution in [0.25, 0.3) is 0 Å². The summed E-state index contributed by atoms with van der Waals surface area (Å²) in [6, 6.07) is 7.35. The third kappa shape index (κ3) is 2.85. The van der Waals surface area contributed by atoms with Gasteiger partial charge in [-0.15, -0.1) is 0 Å². The first-order chi connectivity index (χ1) is 9.65. The largest absolute Gasteiger partial charge is 0.494 e. The second-order valence-corrected chi connectivity index (χ2v) is 4.67. The molecule has 1 saturated carbocycles. The minimum Gasteiger partial charge on any atom is -0.494 e. The van der Waals surface area contributed by atoms with Crippen LogP contribution < -0.4 is 14.8 Å². The van der Waals surface area contributed by atoms with Gasteiger partial charge < -0.3 is 14.8 Å². The number of carbonyl (C=O) groups is 1. The molecule has 1 aliphatic carbocycles. The van der Waals surface area contributed by atoms with Gasteiger partial charge in [-0.3, -0.25) is 4.79 Å². The van der Waals surface area contributed by atoms with Crippen molar-refractivity contribution in [3.63, 3.8) is 0 Å². The third-order valence-electron chi connectivity index (χ3n) is 3.21. The summed E-state index contributed by atoms with van der Waals surface area (Å²) in [6.45, 7) is 4.81. The van der Waals surface area contributed by atoms with E-state index in [4.69, 9.17) is 14.7 Å². The third-order valence-corrected chi connectivity index (χ3v) is 3.21. The van der Waals surface area contributed by atoms with E-state index in [2.05, 4.69) is 11.4 Å². The van der Waals surface area contributed by atoms with Gasteiger partial charge in [0.15, 0.2) is 0 Å². The molecule has 5 heteroatoms. The smallest absolute Gasteiger partial charge is 0.244 e. The predicted octanol–water partition coefficient (Wildman–Crippen LogP) is 2.73. The first kappa shape index (κ1) is 14.2. The van der Waals surface area contributed by atoms with Crippen LogP contribution in [-0.2, 0) is 4.79 Å². The standard InChI is InChI=1S/C15H18N2O3/c1-3-19-11-5-6-13(20-4-2)12(9-11)17-14(18)15(10-16)7-8-15/h5-6,9H,3-4,7-8H2,1-2H3,(H,17,18). The van der Waals surface area contributed by atoms with Gasteiger partial charge >= 0.3 is 0 Å². The molecular formula is C15H18N2O3. The SMILES string of the molecule is CCOc1ccc(OCC)c(NC(=O)C2(C#N)CC2)c1. The fourth-order valence-electron chi connectivity index (χ4n) is 1.90. The van der Waals surface area contributed by atoms with E-state index in [1.807, 2.05) is 13.8 Å². The van der Waals surface area contributed by atoms with Crippen molar-refractivity contribution < 1.29 is 14.3 Å². The Kier molecular flexibility index (Phi) is 4.14. The summed E-state index contributed by atoms with van der Waals surface area (Å²) in [6.07, 6.45) is 1.23. The molecule has 1 aromatic rings. The molecule has 0 atom stereocenters. The van der Waals surface area contributed by atoms with E-state index in [1.54, 1.807) is 18.2 Å². The summed E-state index contributed by atoms with van der Waals surface area (Å²) in [5.41, 5.74) is -0.310. The Labute approximate surface area is 118 Å². The van der Waals surface area contributed by atoms with Gasteiger partial charge in [-0.05, 0) is 38.8 Å². The number of nitrogens with zero attached hydrogens (tertiary/aromatic N) is 1. The van der Waals surface area contributed by atoms with Crippen LogP contribution in [0.3, 0.4) is 0 Å². The fraction of sp³-hybridized carbons (Fsp3) is 0.467. The van der Waals surface area contributed by atoms with Crippen LogP contribution >= 0.6 is 0 Å². The van der Waals surface area contributed by atoms with Crippen molar-refractivity contribution in [1.29, 1.82) is 5.26 Å². The Morgan fingerprint density at radius 1 is 1.35 bits per heavy atom. The van der Waals surface area contributed by atoms with Gasteiger partial charge in [0.1, 0.15) is 16.9 Å². The molecule has 0 radical (unpaired) electrons. The lowest BCUT2D eigenvalue weighted by molar-refractivity contribution is -0.119. The van der Waals surface area contributed by atoms with Crippen LogP contribution in [0.15, 0.2) is 18.2 Å². The molecule has 0 heterocycles. The molecule has 1 aromatic carbocycles. The van der Waals surface area contributed by atoms with Crippen molar-refractivity contribution in [3.8, 4) is 17.6 Å². The van der Waals surface area contributed by atoms with Gasteiger partial charge in [-0.25, -0.2) is 0 Å². The highest BCUT2D eigenvalue weighted by molar-refractivity contribution is 6.00. The Balaban J connectivity index is 2.21. The molecule has 5 nitrogen and oxygen atoms in total. The van der Waals surface area contributed by atoms with Gasteiger partial charge in [-0.2, -0.15) is 5.26 Å². The number of nitrogens with one attached hydrogen (secondary N) is 1. The summed E-state index contributed by atoms with van der Waals surface area (Å²) in [5, 5.41) is 11.8. The zero-order valence-corrected chi connectivity index (χ0v) is 11.7. The summed E-state index contributed by atoms with van der Waals surface area (Å²) < 4.78 is 10.9. The van der Waals surface area contributed by atoms with Crippen molar-refractivity contribution in [2.24, 2.45) is 5.41 Å². The molecule has 0 spiro atoms. The molecule has 1 N–H and O–H groups in total. The number of rotatable bonds is 6. The van der Waals surface area contributed by atoms with Crippen LogP contribution in [-0.4, -0.2) is 19.1 Å². The highest BCUT2D eigenvalue weighted by Gasteiger charge is 2.50. The number of hydrogen-bond donors (Lipinski definition) is 1. The van der Waals surface area contributed by atoms with Gasteiger partial charge in [0.05, 0.1) is 25.0 Å². The fourth-order valence-corrected chi connectivity index (χ4v) is 1.90. The van der Waals surface area contributed by atoms with E-state index in [0.717, 1.165) is 0 Å². The monoisotopic (exact) mass is 274 g/mol. The molecule has 0 bridgehead atoms. The average molecular weight is 274 g/mol. The zero-order valence-electron chi connectivity index (χ0n) is 11.7. The Hall–Kier alpha value is -2.22. The summed E-state index contributed by atoms with van der Waals surface area (Å²) in [5.74, 6) is 0.973. The maximum atomic E-state index is 12.1. The Bertz CT molecular complexity index is 545. The van der Waals surface area contributed by atoms with Crippen LogP contribution in [0.2, 0.25) is 0 Å². The zero-order chi connectivity index (χ0) is 14.6. The summed E-state index contributed by atoms with van der Waals surface area (Å²) in [4.78, 5) is 12.1. The number of anilines is 1. The maximum absolute atomic E-state index is 12.1. The summed E-state index contributed by atoms with van der Waals surface area (Å²) >= 11 is 0. The molecule has 1 fully saturated rings. The molecule has 0 aromatic heterocycles. The molecule has 0 unspecified atom stereocenters. The second-order valence-electron chi connectivity index (χ2n) is 4.67. The molecule has 2 rings (SSSR count). The maximum Gasteiger partial charge on any atom is 0.244 e. The first-order valence-corrected chi connectivity index (χ1v) is 6.77.